The van der Waals surface area contributed by atoms with E-state index in [0.29, 0.717) is 17.8 Å². The quantitative estimate of drug-likeness (QED) is 0.820. The highest BCUT2D eigenvalue weighted by molar-refractivity contribution is 7.10. The first-order chi connectivity index (χ1) is 7.74. The van der Waals surface area contributed by atoms with Crippen LogP contribution in [-0.2, 0) is 13.0 Å². The summed E-state index contributed by atoms with van der Waals surface area (Å²) in [5.74, 6) is 2.58. The number of rotatable bonds is 1. The van der Waals surface area contributed by atoms with Crippen LogP contribution < -0.4 is 5.73 Å². The molecule has 1 aliphatic heterocycles. The van der Waals surface area contributed by atoms with Crippen LogP contribution in [0.1, 0.15) is 23.5 Å². The molecule has 2 aromatic heterocycles. The van der Waals surface area contributed by atoms with Crippen molar-refractivity contribution >= 4 is 17.3 Å². The van der Waals surface area contributed by atoms with Gasteiger partial charge in [-0.25, -0.2) is 4.68 Å². The number of nitrogens with zero attached hydrogens (tertiary/aromatic N) is 3. The molecule has 16 heavy (non-hydrogen) atoms. The molecule has 0 fully saturated rings. The SMILES string of the molecule is CC1Cc2nc(N)nn2CC1c1cccs1. The summed E-state index contributed by atoms with van der Waals surface area (Å²) >= 11 is 1.82. The minimum absolute atomic E-state index is 0.397. The summed E-state index contributed by atoms with van der Waals surface area (Å²) in [6.07, 6.45) is 0.965. The van der Waals surface area contributed by atoms with Crippen LogP contribution in [0.25, 0.3) is 0 Å². The van der Waals surface area contributed by atoms with Gasteiger partial charge < -0.3 is 5.73 Å². The zero-order valence-electron chi connectivity index (χ0n) is 9.13. The third-order valence-corrected chi connectivity index (χ3v) is 4.24. The van der Waals surface area contributed by atoms with E-state index in [1.54, 1.807) is 0 Å². The van der Waals surface area contributed by atoms with Gasteiger partial charge in [0.05, 0.1) is 6.54 Å². The van der Waals surface area contributed by atoms with Gasteiger partial charge in [-0.15, -0.1) is 16.4 Å². The highest BCUT2D eigenvalue weighted by Gasteiger charge is 2.29. The molecule has 2 atom stereocenters. The van der Waals surface area contributed by atoms with Crippen molar-refractivity contribution < 1.29 is 0 Å². The van der Waals surface area contributed by atoms with Crippen LogP contribution >= 0.6 is 11.3 Å². The fraction of sp³-hybridized carbons (Fsp3) is 0.455. The molecule has 0 amide bonds. The van der Waals surface area contributed by atoms with Crippen molar-refractivity contribution in [2.45, 2.75) is 25.8 Å². The maximum absolute atomic E-state index is 5.63. The third-order valence-electron chi connectivity index (χ3n) is 3.23. The van der Waals surface area contributed by atoms with E-state index in [9.17, 15) is 0 Å². The van der Waals surface area contributed by atoms with Gasteiger partial charge in [-0.3, -0.25) is 0 Å². The Morgan fingerprint density at radius 2 is 2.44 bits per heavy atom. The molecule has 2 aromatic rings. The van der Waals surface area contributed by atoms with E-state index in [0.717, 1.165) is 18.8 Å². The van der Waals surface area contributed by atoms with Gasteiger partial charge in [0.15, 0.2) is 0 Å². The molecule has 0 bridgehead atoms. The van der Waals surface area contributed by atoms with Crippen LogP contribution in [-0.4, -0.2) is 14.8 Å². The van der Waals surface area contributed by atoms with Gasteiger partial charge in [-0.05, 0) is 17.4 Å². The lowest BCUT2D eigenvalue weighted by atomic mass is 9.87. The predicted molar refractivity (Wildman–Crippen MR) is 64.4 cm³/mol. The Balaban J connectivity index is 1.95. The van der Waals surface area contributed by atoms with Crippen molar-refractivity contribution in [2.24, 2.45) is 5.92 Å². The van der Waals surface area contributed by atoms with Crippen LogP contribution in [0.3, 0.4) is 0 Å². The summed E-state index contributed by atoms with van der Waals surface area (Å²) in [6.45, 7) is 3.18. The Labute approximate surface area is 98.1 Å². The average molecular weight is 234 g/mol. The predicted octanol–water partition coefficient (Wildman–Crippen LogP) is 1.90. The molecular weight excluding hydrogens is 220 g/mol. The van der Waals surface area contributed by atoms with Crippen molar-refractivity contribution in [3.63, 3.8) is 0 Å². The molecule has 0 saturated heterocycles. The number of anilines is 1. The van der Waals surface area contributed by atoms with Crippen LogP contribution in [0.15, 0.2) is 17.5 Å². The Hall–Kier alpha value is -1.36. The van der Waals surface area contributed by atoms with Crippen molar-refractivity contribution in [3.05, 3.63) is 28.2 Å². The maximum Gasteiger partial charge on any atom is 0.239 e. The van der Waals surface area contributed by atoms with Crippen molar-refractivity contribution in [3.8, 4) is 0 Å². The Morgan fingerprint density at radius 3 is 3.19 bits per heavy atom. The monoisotopic (exact) mass is 234 g/mol. The van der Waals surface area contributed by atoms with Crippen LogP contribution in [0.4, 0.5) is 5.95 Å². The molecule has 2 unspecified atom stereocenters. The molecule has 1 aliphatic rings. The van der Waals surface area contributed by atoms with Gasteiger partial charge >= 0.3 is 0 Å². The topological polar surface area (TPSA) is 56.7 Å². The fourth-order valence-corrected chi connectivity index (χ4v) is 3.31. The zero-order valence-corrected chi connectivity index (χ0v) is 9.94. The molecule has 0 saturated carbocycles. The molecule has 0 aliphatic carbocycles. The lowest BCUT2D eigenvalue weighted by Gasteiger charge is -2.27. The molecule has 4 nitrogen and oxygen atoms in total. The molecule has 0 aromatic carbocycles. The second kappa shape index (κ2) is 3.59. The molecule has 0 spiro atoms. The number of aromatic nitrogens is 3. The minimum Gasteiger partial charge on any atom is -0.366 e. The van der Waals surface area contributed by atoms with E-state index in [-0.39, 0.29) is 0 Å². The zero-order chi connectivity index (χ0) is 11.1. The van der Waals surface area contributed by atoms with Crippen LogP contribution in [0.2, 0.25) is 0 Å². The largest absolute Gasteiger partial charge is 0.366 e. The molecule has 0 radical (unpaired) electrons. The van der Waals surface area contributed by atoms with Gasteiger partial charge in [-0.2, -0.15) is 4.98 Å². The summed E-state index contributed by atoms with van der Waals surface area (Å²) in [5, 5.41) is 6.37. The smallest absolute Gasteiger partial charge is 0.239 e. The summed E-state index contributed by atoms with van der Waals surface area (Å²) in [7, 11) is 0. The number of nitrogens with two attached hydrogens (primary N) is 1. The van der Waals surface area contributed by atoms with Gasteiger partial charge in [0.2, 0.25) is 5.95 Å². The average Bonchev–Trinajstić information content (AvgIpc) is 2.83. The second-order valence-electron chi connectivity index (χ2n) is 4.37. The van der Waals surface area contributed by atoms with Crippen molar-refractivity contribution in [1.82, 2.24) is 14.8 Å². The van der Waals surface area contributed by atoms with Crippen LogP contribution in [0.5, 0.6) is 0 Å². The maximum atomic E-state index is 5.63. The van der Waals surface area contributed by atoms with Gasteiger partial charge in [0, 0.05) is 17.2 Å². The second-order valence-corrected chi connectivity index (χ2v) is 5.35. The van der Waals surface area contributed by atoms with E-state index in [4.69, 9.17) is 5.73 Å². The summed E-state index contributed by atoms with van der Waals surface area (Å²) in [6, 6.07) is 4.31. The number of nitrogen functional groups attached to an aromatic ring is 1. The highest BCUT2D eigenvalue weighted by atomic mass is 32.1. The van der Waals surface area contributed by atoms with E-state index in [1.807, 2.05) is 16.0 Å². The standard InChI is InChI=1S/C11H14N4S/c1-7-5-10-13-11(12)14-15(10)6-8(7)9-3-2-4-16-9/h2-4,7-8H,5-6H2,1H3,(H2,12,14). The number of hydrogen-bond acceptors (Lipinski definition) is 4. The van der Waals surface area contributed by atoms with Crippen molar-refractivity contribution in [1.29, 1.82) is 0 Å². The fourth-order valence-electron chi connectivity index (χ4n) is 2.36. The Morgan fingerprint density at radius 1 is 1.56 bits per heavy atom. The lowest BCUT2D eigenvalue weighted by Crippen LogP contribution is -2.26. The van der Waals surface area contributed by atoms with Crippen LogP contribution in [0, 0.1) is 5.92 Å². The molecule has 3 rings (SSSR count). The normalized spacial score (nSPS) is 24.3. The van der Waals surface area contributed by atoms with E-state index >= 15 is 0 Å². The van der Waals surface area contributed by atoms with Crippen molar-refractivity contribution in [2.75, 3.05) is 5.73 Å². The molecule has 2 N–H and O–H groups in total. The van der Waals surface area contributed by atoms with E-state index in [2.05, 4.69) is 34.5 Å². The Bertz CT molecular complexity index is 488. The molecular formula is C11H14N4S. The minimum atomic E-state index is 0.397. The van der Waals surface area contributed by atoms with E-state index < -0.39 is 0 Å². The Kier molecular flexibility index (Phi) is 2.21. The van der Waals surface area contributed by atoms with Gasteiger partial charge in [-0.1, -0.05) is 13.0 Å². The first-order valence-electron chi connectivity index (χ1n) is 5.46. The summed E-state index contributed by atoms with van der Waals surface area (Å²) in [5.41, 5.74) is 5.63. The third kappa shape index (κ3) is 1.51. The summed E-state index contributed by atoms with van der Waals surface area (Å²) < 4.78 is 1.96. The first kappa shape index (κ1) is 9.84. The highest BCUT2D eigenvalue weighted by Crippen LogP contribution is 2.35. The molecule has 84 valence electrons. The molecule has 3 heterocycles. The number of hydrogen-bond donors (Lipinski definition) is 1. The van der Waals surface area contributed by atoms with Gasteiger partial charge in [0.1, 0.15) is 5.82 Å². The van der Waals surface area contributed by atoms with E-state index in [1.165, 1.54) is 4.88 Å². The first-order valence-corrected chi connectivity index (χ1v) is 6.34. The summed E-state index contributed by atoms with van der Waals surface area (Å²) in [4.78, 5) is 5.69. The molecule has 5 heteroatoms. The number of thiophene rings is 1. The van der Waals surface area contributed by atoms with Gasteiger partial charge in [0.25, 0.3) is 0 Å². The number of fused-ring (bicyclic) bond motifs is 1. The lowest BCUT2D eigenvalue weighted by molar-refractivity contribution is 0.334.